The molecule has 3 amide bonds. The van der Waals surface area contributed by atoms with Crippen molar-refractivity contribution in [2.45, 2.75) is 25.8 Å². The Labute approximate surface area is 199 Å². The number of nitrogens with zero attached hydrogens (tertiary/aromatic N) is 2. The predicted molar refractivity (Wildman–Crippen MR) is 134 cm³/mol. The number of carbonyl (C=O) groups is 2. The fourth-order valence-corrected chi connectivity index (χ4v) is 4.04. The van der Waals surface area contributed by atoms with Gasteiger partial charge in [-0.05, 0) is 61.2 Å². The lowest BCUT2D eigenvalue weighted by Gasteiger charge is -2.30. The molecule has 1 saturated heterocycles. The van der Waals surface area contributed by atoms with E-state index >= 15 is 0 Å². The standard InChI is InChI=1S/C27H27N5O2/c28-18-21-10-7-11-22(16-21)30-27(34)31-23-12-13-25(32-14-5-2-6-15-32)24(17-23)26(33)29-19-20-8-3-1-4-9-20/h1,3-4,7-13,16-17H,2,5-6,14-15,19H2,(H,29,33)(H2,30,31,34). The third-order valence-corrected chi connectivity index (χ3v) is 5.74. The Kier molecular flexibility index (Phi) is 7.41. The first-order valence-electron chi connectivity index (χ1n) is 11.4. The van der Waals surface area contributed by atoms with Crippen molar-refractivity contribution in [3.8, 4) is 6.07 Å². The van der Waals surface area contributed by atoms with Crippen molar-refractivity contribution in [3.05, 3.63) is 89.5 Å². The SMILES string of the molecule is N#Cc1cccc(NC(=O)Nc2ccc(N3CCCCC3)c(C(=O)NCc3ccccc3)c2)c1. The monoisotopic (exact) mass is 453 g/mol. The van der Waals surface area contributed by atoms with Crippen LogP contribution in [-0.2, 0) is 6.54 Å². The number of benzene rings is 3. The number of amides is 3. The largest absolute Gasteiger partial charge is 0.371 e. The highest BCUT2D eigenvalue weighted by Crippen LogP contribution is 2.27. The van der Waals surface area contributed by atoms with Crippen molar-refractivity contribution in [1.29, 1.82) is 5.26 Å². The molecule has 0 radical (unpaired) electrons. The van der Waals surface area contributed by atoms with Crippen LogP contribution < -0.4 is 20.9 Å². The summed E-state index contributed by atoms with van der Waals surface area (Å²) in [6.45, 7) is 2.23. The lowest BCUT2D eigenvalue weighted by Crippen LogP contribution is -2.33. The average Bonchev–Trinajstić information content (AvgIpc) is 2.88. The van der Waals surface area contributed by atoms with Gasteiger partial charge in [0.25, 0.3) is 5.91 Å². The zero-order valence-electron chi connectivity index (χ0n) is 18.9. The number of hydrogen-bond donors (Lipinski definition) is 3. The van der Waals surface area contributed by atoms with Crippen molar-refractivity contribution in [2.24, 2.45) is 0 Å². The minimum Gasteiger partial charge on any atom is -0.371 e. The van der Waals surface area contributed by atoms with Gasteiger partial charge in [0.05, 0.1) is 17.2 Å². The van der Waals surface area contributed by atoms with E-state index in [9.17, 15) is 9.59 Å². The molecule has 7 heteroatoms. The highest BCUT2D eigenvalue weighted by Gasteiger charge is 2.20. The molecule has 7 nitrogen and oxygen atoms in total. The first kappa shape index (κ1) is 22.9. The summed E-state index contributed by atoms with van der Waals surface area (Å²) in [5, 5.41) is 17.6. The maximum atomic E-state index is 13.2. The number of anilines is 3. The van der Waals surface area contributed by atoms with E-state index in [0.29, 0.717) is 29.0 Å². The molecule has 0 aliphatic carbocycles. The van der Waals surface area contributed by atoms with Crippen LogP contribution in [0.3, 0.4) is 0 Å². The van der Waals surface area contributed by atoms with Crippen LogP contribution in [0.25, 0.3) is 0 Å². The van der Waals surface area contributed by atoms with Gasteiger partial charge in [0, 0.05) is 36.7 Å². The Morgan fingerprint density at radius 2 is 1.59 bits per heavy atom. The normalized spacial score (nSPS) is 13.0. The number of hydrogen-bond acceptors (Lipinski definition) is 4. The number of urea groups is 1. The Morgan fingerprint density at radius 3 is 2.32 bits per heavy atom. The van der Waals surface area contributed by atoms with Gasteiger partial charge >= 0.3 is 6.03 Å². The summed E-state index contributed by atoms with van der Waals surface area (Å²) in [4.78, 5) is 28.0. The average molecular weight is 454 g/mol. The molecule has 172 valence electrons. The maximum absolute atomic E-state index is 13.2. The Balaban J connectivity index is 1.51. The lowest BCUT2D eigenvalue weighted by molar-refractivity contribution is 0.0951. The van der Waals surface area contributed by atoms with Crippen molar-refractivity contribution >= 4 is 29.0 Å². The molecule has 1 aliphatic rings. The van der Waals surface area contributed by atoms with Gasteiger partial charge in [-0.25, -0.2) is 4.79 Å². The van der Waals surface area contributed by atoms with Crippen molar-refractivity contribution < 1.29 is 9.59 Å². The molecule has 1 heterocycles. The smallest absolute Gasteiger partial charge is 0.323 e. The second-order valence-electron chi connectivity index (χ2n) is 8.22. The number of piperidine rings is 1. The van der Waals surface area contributed by atoms with E-state index in [-0.39, 0.29) is 5.91 Å². The fourth-order valence-electron chi connectivity index (χ4n) is 4.04. The van der Waals surface area contributed by atoms with E-state index in [0.717, 1.165) is 37.2 Å². The van der Waals surface area contributed by atoms with Gasteiger partial charge in [-0.2, -0.15) is 5.26 Å². The van der Waals surface area contributed by atoms with Gasteiger partial charge in [0.15, 0.2) is 0 Å². The van der Waals surface area contributed by atoms with Crippen LogP contribution >= 0.6 is 0 Å². The topological polar surface area (TPSA) is 97.3 Å². The van der Waals surface area contributed by atoms with Crippen LogP contribution in [0, 0.1) is 11.3 Å². The molecule has 0 spiro atoms. The Bertz CT molecular complexity index is 1200. The van der Waals surface area contributed by atoms with Crippen LogP contribution in [0.1, 0.15) is 40.7 Å². The van der Waals surface area contributed by atoms with Crippen LogP contribution in [0.2, 0.25) is 0 Å². The molecular weight excluding hydrogens is 426 g/mol. The van der Waals surface area contributed by atoms with Crippen LogP contribution in [-0.4, -0.2) is 25.0 Å². The van der Waals surface area contributed by atoms with E-state index in [1.807, 2.05) is 42.5 Å². The third-order valence-electron chi connectivity index (χ3n) is 5.74. The van der Waals surface area contributed by atoms with E-state index < -0.39 is 6.03 Å². The van der Waals surface area contributed by atoms with Gasteiger partial charge in [-0.3, -0.25) is 4.79 Å². The number of nitrogens with one attached hydrogen (secondary N) is 3. The quantitative estimate of drug-likeness (QED) is 0.482. The molecule has 3 aromatic rings. The second-order valence-corrected chi connectivity index (χ2v) is 8.22. The Hall–Kier alpha value is -4.31. The van der Waals surface area contributed by atoms with Gasteiger partial charge < -0.3 is 20.9 Å². The van der Waals surface area contributed by atoms with Gasteiger partial charge in [-0.1, -0.05) is 36.4 Å². The molecule has 3 N–H and O–H groups in total. The third kappa shape index (κ3) is 5.93. The zero-order chi connectivity index (χ0) is 23.8. The molecule has 4 rings (SSSR count). The van der Waals surface area contributed by atoms with Crippen LogP contribution in [0.15, 0.2) is 72.8 Å². The first-order chi connectivity index (χ1) is 16.6. The molecule has 0 unspecified atom stereocenters. The number of carbonyl (C=O) groups excluding carboxylic acids is 2. The van der Waals surface area contributed by atoms with Gasteiger partial charge in [0.1, 0.15) is 0 Å². The number of rotatable bonds is 6. The summed E-state index contributed by atoms with van der Waals surface area (Å²) in [6.07, 6.45) is 3.38. The maximum Gasteiger partial charge on any atom is 0.323 e. The van der Waals surface area contributed by atoms with E-state index in [4.69, 9.17) is 5.26 Å². The molecular formula is C27H27N5O2. The molecule has 0 aromatic heterocycles. The van der Waals surface area contributed by atoms with Gasteiger partial charge in [-0.15, -0.1) is 0 Å². The molecule has 1 aliphatic heterocycles. The summed E-state index contributed by atoms with van der Waals surface area (Å²) in [7, 11) is 0. The van der Waals surface area contributed by atoms with Crippen LogP contribution in [0.4, 0.5) is 21.9 Å². The summed E-state index contributed by atoms with van der Waals surface area (Å²) in [6, 6.07) is 23.5. The van der Waals surface area contributed by atoms with Crippen molar-refractivity contribution in [1.82, 2.24) is 5.32 Å². The van der Waals surface area contributed by atoms with E-state index in [1.54, 1.807) is 30.3 Å². The highest BCUT2D eigenvalue weighted by molar-refractivity contribution is 6.04. The Morgan fingerprint density at radius 1 is 0.853 bits per heavy atom. The fraction of sp³-hybridized carbons (Fsp3) is 0.222. The minimum atomic E-state index is -0.448. The highest BCUT2D eigenvalue weighted by atomic mass is 16.2. The molecule has 1 fully saturated rings. The summed E-state index contributed by atoms with van der Waals surface area (Å²) in [5.41, 5.74) is 3.91. The lowest BCUT2D eigenvalue weighted by atomic mass is 10.1. The first-order valence-corrected chi connectivity index (χ1v) is 11.4. The van der Waals surface area contributed by atoms with Crippen molar-refractivity contribution in [3.63, 3.8) is 0 Å². The zero-order valence-corrected chi connectivity index (χ0v) is 18.9. The summed E-state index contributed by atoms with van der Waals surface area (Å²) < 4.78 is 0. The summed E-state index contributed by atoms with van der Waals surface area (Å²) in [5.74, 6) is -0.185. The second kappa shape index (κ2) is 11.0. The predicted octanol–water partition coefficient (Wildman–Crippen LogP) is 5.12. The van der Waals surface area contributed by atoms with Crippen molar-refractivity contribution in [2.75, 3.05) is 28.6 Å². The molecule has 0 saturated carbocycles. The van der Waals surface area contributed by atoms with E-state index in [1.165, 1.54) is 6.42 Å². The minimum absolute atomic E-state index is 0.185. The number of nitriles is 1. The molecule has 34 heavy (non-hydrogen) atoms. The molecule has 3 aromatic carbocycles. The molecule has 0 bridgehead atoms. The van der Waals surface area contributed by atoms with E-state index in [2.05, 4.69) is 26.9 Å². The summed E-state index contributed by atoms with van der Waals surface area (Å²) >= 11 is 0. The van der Waals surface area contributed by atoms with Gasteiger partial charge in [0.2, 0.25) is 0 Å². The van der Waals surface area contributed by atoms with Crippen LogP contribution in [0.5, 0.6) is 0 Å². The molecule has 0 atom stereocenters.